The smallest absolute Gasteiger partial charge is 0.270 e. The van der Waals surface area contributed by atoms with E-state index in [0.717, 1.165) is 17.7 Å². The van der Waals surface area contributed by atoms with Crippen molar-refractivity contribution in [2.75, 3.05) is 5.75 Å². The lowest BCUT2D eigenvalue weighted by Crippen LogP contribution is -1.87. The fourth-order valence-corrected chi connectivity index (χ4v) is 1.77. The van der Waals surface area contributed by atoms with Crippen LogP contribution in [-0.4, -0.2) is 15.8 Å². The number of allylic oxidation sites excluding steroid dienone is 1. The lowest BCUT2D eigenvalue weighted by Gasteiger charge is -1.95. The lowest BCUT2D eigenvalue weighted by molar-refractivity contribution is -0.384. The van der Waals surface area contributed by atoms with Crippen molar-refractivity contribution >= 4 is 28.6 Å². The van der Waals surface area contributed by atoms with E-state index in [9.17, 15) is 14.9 Å². The van der Waals surface area contributed by atoms with Gasteiger partial charge in [-0.3, -0.25) is 14.9 Å². The van der Waals surface area contributed by atoms with Crippen molar-refractivity contribution in [2.45, 2.75) is 13.3 Å². The summed E-state index contributed by atoms with van der Waals surface area (Å²) < 4.78 is 0. The number of hydrogen-bond acceptors (Lipinski definition) is 4. The highest BCUT2D eigenvalue weighted by molar-refractivity contribution is 8.13. The van der Waals surface area contributed by atoms with E-state index < -0.39 is 4.92 Å². The van der Waals surface area contributed by atoms with E-state index in [1.165, 1.54) is 30.8 Å². The molecule has 0 N–H and O–H groups in total. The molecule has 4 nitrogen and oxygen atoms in total. The minimum absolute atomic E-state index is 0.0882. The largest absolute Gasteiger partial charge is 0.288 e. The SMILES string of the molecule is CC(=O)SCCC=Cc1cccc([N+](=O)[O-])c1. The van der Waals surface area contributed by atoms with Crippen LogP contribution in [0.2, 0.25) is 0 Å². The molecule has 0 spiro atoms. The summed E-state index contributed by atoms with van der Waals surface area (Å²) in [4.78, 5) is 20.8. The standard InChI is InChI=1S/C12H13NO3S/c1-10(14)17-8-3-2-5-11-6-4-7-12(9-11)13(15)16/h2,4-7,9H,3,8H2,1H3. The third-order valence-electron chi connectivity index (χ3n) is 1.98. The number of rotatable bonds is 5. The number of nitro groups is 1. The van der Waals surface area contributed by atoms with Gasteiger partial charge >= 0.3 is 0 Å². The van der Waals surface area contributed by atoms with Gasteiger partial charge in [-0.2, -0.15) is 0 Å². The molecule has 0 aliphatic heterocycles. The van der Waals surface area contributed by atoms with Crippen LogP contribution >= 0.6 is 11.8 Å². The molecule has 17 heavy (non-hydrogen) atoms. The van der Waals surface area contributed by atoms with Gasteiger partial charge in [-0.05, 0) is 12.0 Å². The van der Waals surface area contributed by atoms with Crippen LogP contribution in [0.15, 0.2) is 30.3 Å². The molecule has 0 atom stereocenters. The van der Waals surface area contributed by atoms with E-state index >= 15 is 0 Å². The molecule has 0 saturated carbocycles. The number of carbonyl (C=O) groups is 1. The first kappa shape index (κ1) is 13.4. The second-order valence-electron chi connectivity index (χ2n) is 3.38. The molecule has 0 heterocycles. The van der Waals surface area contributed by atoms with Crippen LogP contribution in [0.4, 0.5) is 5.69 Å². The fourth-order valence-electron chi connectivity index (χ4n) is 1.23. The topological polar surface area (TPSA) is 60.2 Å². The first-order valence-electron chi connectivity index (χ1n) is 5.14. The van der Waals surface area contributed by atoms with Crippen LogP contribution in [-0.2, 0) is 4.79 Å². The second-order valence-corrected chi connectivity index (χ2v) is 4.66. The highest BCUT2D eigenvalue weighted by Crippen LogP contribution is 2.14. The van der Waals surface area contributed by atoms with Gasteiger partial charge in [0.2, 0.25) is 0 Å². The van der Waals surface area contributed by atoms with Crippen molar-refractivity contribution in [1.82, 2.24) is 0 Å². The first-order valence-corrected chi connectivity index (χ1v) is 6.12. The first-order chi connectivity index (χ1) is 8.09. The Morgan fingerprint density at radius 2 is 2.29 bits per heavy atom. The second kappa shape index (κ2) is 6.85. The molecule has 0 radical (unpaired) electrons. The summed E-state index contributed by atoms with van der Waals surface area (Å²) in [5.41, 5.74) is 0.886. The number of nitrogens with zero attached hydrogens (tertiary/aromatic N) is 1. The summed E-state index contributed by atoms with van der Waals surface area (Å²) in [6.07, 6.45) is 4.51. The number of nitro benzene ring substituents is 1. The molecule has 0 aromatic heterocycles. The van der Waals surface area contributed by atoms with Gasteiger partial charge in [0.1, 0.15) is 0 Å². The maximum atomic E-state index is 10.7. The normalized spacial score (nSPS) is 10.6. The predicted molar refractivity (Wildman–Crippen MR) is 69.9 cm³/mol. The van der Waals surface area contributed by atoms with Crippen LogP contribution in [0.1, 0.15) is 18.9 Å². The number of hydrogen-bond donors (Lipinski definition) is 0. The molecule has 1 rings (SSSR count). The third kappa shape index (κ3) is 5.31. The average molecular weight is 251 g/mol. The minimum Gasteiger partial charge on any atom is -0.288 e. The molecule has 1 aromatic rings. The molecule has 0 aliphatic rings. The van der Waals surface area contributed by atoms with Gasteiger partial charge in [0.25, 0.3) is 5.69 Å². The number of carbonyl (C=O) groups excluding carboxylic acids is 1. The zero-order valence-corrected chi connectivity index (χ0v) is 10.3. The molecule has 0 bridgehead atoms. The van der Waals surface area contributed by atoms with Crippen LogP contribution in [0, 0.1) is 10.1 Å². The van der Waals surface area contributed by atoms with Crippen molar-refractivity contribution in [2.24, 2.45) is 0 Å². The molecular formula is C12H13NO3S. The van der Waals surface area contributed by atoms with E-state index in [2.05, 4.69) is 0 Å². The molecule has 1 aromatic carbocycles. The average Bonchev–Trinajstić information content (AvgIpc) is 2.28. The Labute approximate surface area is 104 Å². The van der Waals surface area contributed by atoms with E-state index in [0.29, 0.717) is 0 Å². The van der Waals surface area contributed by atoms with Crippen molar-refractivity contribution in [3.63, 3.8) is 0 Å². The van der Waals surface area contributed by atoms with E-state index in [4.69, 9.17) is 0 Å². The maximum Gasteiger partial charge on any atom is 0.270 e. The van der Waals surface area contributed by atoms with E-state index in [1.807, 2.05) is 18.2 Å². The number of thioether (sulfide) groups is 1. The monoisotopic (exact) mass is 251 g/mol. The molecule has 0 unspecified atom stereocenters. The van der Waals surface area contributed by atoms with Crippen molar-refractivity contribution in [1.29, 1.82) is 0 Å². The molecule has 5 heteroatoms. The summed E-state index contributed by atoms with van der Waals surface area (Å²) in [6, 6.07) is 6.45. The molecule has 90 valence electrons. The quantitative estimate of drug-likeness (QED) is 0.457. The summed E-state index contributed by atoms with van der Waals surface area (Å²) in [7, 11) is 0. The van der Waals surface area contributed by atoms with Gasteiger partial charge in [0.15, 0.2) is 5.12 Å². The Kier molecular flexibility index (Phi) is 5.42. The highest BCUT2D eigenvalue weighted by atomic mass is 32.2. The van der Waals surface area contributed by atoms with Crippen LogP contribution in [0.5, 0.6) is 0 Å². The van der Waals surface area contributed by atoms with E-state index in [-0.39, 0.29) is 10.8 Å². The molecule has 0 aliphatic carbocycles. The molecular weight excluding hydrogens is 238 g/mol. The summed E-state index contributed by atoms with van der Waals surface area (Å²) in [5, 5.41) is 10.7. The van der Waals surface area contributed by atoms with Gasteiger partial charge < -0.3 is 0 Å². The Bertz CT molecular complexity index is 443. The molecule has 0 saturated heterocycles. The van der Waals surface area contributed by atoms with Gasteiger partial charge in [-0.25, -0.2) is 0 Å². The molecule has 0 amide bonds. The zero-order valence-electron chi connectivity index (χ0n) is 9.46. The van der Waals surface area contributed by atoms with Crippen molar-refractivity contribution < 1.29 is 9.72 Å². The van der Waals surface area contributed by atoms with Gasteiger partial charge in [0, 0.05) is 24.8 Å². The summed E-state index contributed by atoms with van der Waals surface area (Å²) in [6.45, 7) is 1.54. The maximum absolute atomic E-state index is 10.7. The molecule has 0 fully saturated rings. The third-order valence-corrected chi connectivity index (χ3v) is 2.83. The van der Waals surface area contributed by atoms with Crippen LogP contribution in [0.25, 0.3) is 6.08 Å². The van der Waals surface area contributed by atoms with Crippen LogP contribution in [0.3, 0.4) is 0 Å². The zero-order chi connectivity index (χ0) is 12.7. The number of non-ortho nitro benzene ring substituents is 1. The van der Waals surface area contributed by atoms with Gasteiger partial charge in [-0.15, -0.1) is 0 Å². The van der Waals surface area contributed by atoms with Crippen molar-refractivity contribution in [3.05, 3.63) is 46.0 Å². The van der Waals surface area contributed by atoms with E-state index in [1.54, 1.807) is 6.07 Å². The number of benzene rings is 1. The Hall–Kier alpha value is -1.62. The minimum atomic E-state index is -0.414. The van der Waals surface area contributed by atoms with Crippen molar-refractivity contribution in [3.8, 4) is 0 Å². The fraction of sp³-hybridized carbons (Fsp3) is 0.250. The Morgan fingerprint density at radius 3 is 2.94 bits per heavy atom. The summed E-state index contributed by atoms with van der Waals surface area (Å²) >= 11 is 1.28. The van der Waals surface area contributed by atoms with Gasteiger partial charge in [-0.1, -0.05) is 36.0 Å². The predicted octanol–water partition coefficient (Wildman–Crippen LogP) is 3.28. The van der Waals surface area contributed by atoms with Gasteiger partial charge in [0.05, 0.1) is 4.92 Å². The summed E-state index contributed by atoms with van der Waals surface area (Å²) in [5.74, 6) is 0.737. The Balaban J connectivity index is 2.50. The Morgan fingerprint density at radius 1 is 1.53 bits per heavy atom. The van der Waals surface area contributed by atoms with Crippen LogP contribution < -0.4 is 0 Å². The lowest BCUT2D eigenvalue weighted by atomic mass is 10.2. The highest BCUT2D eigenvalue weighted by Gasteiger charge is 2.03.